The lowest BCUT2D eigenvalue weighted by atomic mass is 10.1. The predicted molar refractivity (Wildman–Crippen MR) is 83.9 cm³/mol. The highest BCUT2D eigenvalue weighted by molar-refractivity contribution is 7.89. The van der Waals surface area contributed by atoms with E-state index in [-0.39, 0.29) is 9.92 Å². The number of sulfonamides is 1. The molecule has 0 unspecified atom stereocenters. The van der Waals surface area contributed by atoms with E-state index in [0.29, 0.717) is 19.1 Å². The molecule has 4 nitrogen and oxygen atoms in total. The number of hydrogen-bond donors (Lipinski definition) is 1. The second-order valence-electron chi connectivity index (χ2n) is 6.10. The van der Waals surface area contributed by atoms with Crippen LogP contribution in [0.1, 0.15) is 25.7 Å². The van der Waals surface area contributed by atoms with Crippen molar-refractivity contribution in [1.29, 1.82) is 0 Å². The smallest absolute Gasteiger partial charge is 0.246 e. The van der Waals surface area contributed by atoms with Crippen molar-refractivity contribution in [3.8, 4) is 0 Å². The summed E-state index contributed by atoms with van der Waals surface area (Å²) in [5.41, 5.74) is 0. The van der Waals surface area contributed by atoms with Gasteiger partial charge in [-0.3, -0.25) is 0 Å². The van der Waals surface area contributed by atoms with Gasteiger partial charge in [-0.15, -0.1) is 0 Å². The molecule has 1 aromatic carbocycles. The minimum atomic E-state index is -3.81. The summed E-state index contributed by atoms with van der Waals surface area (Å²) in [5, 5.41) is 3.72. The molecule has 2 fully saturated rings. The van der Waals surface area contributed by atoms with Crippen molar-refractivity contribution in [2.45, 2.75) is 36.6 Å². The molecule has 1 aliphatic heterocycles. The van der Waals surface area contributed by atoms with Crippen LogP contribution in [0.2, 0.25) is 5.02 Å². The molecule has 2 aliphatic rings. The van der Waals surface area contributed by atoms with Crippen molar-refractivity contribution >= 4 is 21.6 Å². The summed E-state index contributed by atoms with van der Waals surface area (Å²) in [5.74, 6) is 0.0562. The van der Waals surface area contributed by atoms with Gasteiger partial charge < -0.3 is 5.32 Å². The van der Waals surface area contributed by atoms with Crippen molar-refractivity contribution < 1.29 is 12.8 Å². The van der Waals surface area contributed by atoms with E-state index < -0.39 is 15.8 Å². The summed E-state index contributed by atoms with van der Waals surface area (Å²) in [6, 6.07) is 3.99. The van der Waals surface area contributed by atoms with E-state index in [4.69, 9.17) is 11.6 Å². The molecule has 122 valence electrons. The average molecular weight is 347 g/mol. The molecule has 3 rings (SSSR count). The van der Waals surface area contributed by atoms with Crippen molar-refractivity contribution in [3.63, 3.8) is 0 Å². The average Bonchev–Trinajstić information content (AvgIpc) is 3.32. The Morgan fingerprint density at radius 3 is 2.55 bits per heavy atom. The second-order valence-corrected chi connectivity index (χ2v) is 8.45. The zero-order valence-corrected chi connectivity index (χ0v) is 13.8. The summed E-state index contributed by atoms with van der Waals surface area (Å²) in [6.07, 6.45) is 4.12. The molecule has 1 saturated carbocycles. The van der Waals surface area contributed by atoms with E-state index in [1.54, 1.807) is 0 Å². The molecular formula is C15H20ClFN2O2S. The van der Waals surface area contributed by atoms with Crippen LogP contribution in [-0.4, -0.2) is 38.4 Å². The highest BCUT2D eigenvalue weighted by atomic mass is 35.5. The lowest BCUT2D eigenvalue weighted by molar-refractivity contribution is 0.287. The highest BCUT2D eigenvalue weighted by Crippen LogP contribution is 2.29. The Morgan fingerprint density at radius 1 is 1.23 bits per heavy atom. The number of halogens is 2. The van der Waals surface area contributed by atoms with Gasteiger partial charge in [0.15, 0.2) is 0 Å². The third-order valence-corrected chi connectivity index (χ3v) is 6.51. The van der Waals surface area contributed by atoms with Gasteiger partial charge in [0, 0.05) is 24.2 Å². The van der Waals surface area contributed by atoms with Crippen LogP contribution in [0.25, 0.3) is 0 Å². The Hall–Kier alpha value is -0.690. The first kappa shape index (κ1) is 16.2. The first-order valence-corrected chi connectivity index (χ1v) is 9.47. The van der Waals surface area contributed by atoms with Crippen LogP contribution in [-0.2, 0) is 10.0 Å². The highest BCUT2D eigenvalue weighted by Gasteiger charge is 2.32. The SMILES string of the molecule is O=S(=O)(c1cc(Cl)ccc1F)N1CCC(NCC2CC2)CC1. The molecule has 1 aromatic rings. The largest absolute Gasteiger partial charge is 0.314 e. The first-order chi connectivity index (χ1) is 10.5. The van der Waals surface area contributed by atoms with Crippen LogP contribution >= 0.6 is 11.6 Å². The lowest BCUT2D eigenvalue weighted by Gasteiger charge is -2.31. The maximum Gasteiger partial charge on any atom is 0.246 e. The Balaban J connectivity index is 1.64. The Labute approximate surface area is 135 Å². The van der Waals surface area contributed by atoms with Gasteiger partial charge >= 0.3 is 0 Å². The maximum absolute atomic E-state index is 13.8. The fourth-order valence-corrected chi connectivity index (χ4v) is 4.57. The van der Waals surface area contributed by atoms with Gasteiger partial charge in [0.2, 0.25) is 10.0 Å². The van der Waals surface area contributed by atoms with Gasteiger partial charge in [0.1, 0.15) is 10.7 Å². The van der Waals surface area contributed by atoms with Crippen LogP contribution in [0.5, 0.6) is 0 Å². The van der Waals surface area contributed by atoms with E-state index in [0.717, 1.165) is 31.4 Å². The van der Waals surface area contributed by atoms with Crippen molar-refractivity contribution in [2.24, 2.45) is 5.92 Å². The van der Waals surface area contributed by atoms with E-state index >= 15 is 0 Å². The zero-order valence-electron chi connectivity index (χ0n) is 12.3. The summed E-state index contributed by atoms with van der Waals surface area (Å²) in [7, 11) is -3.81. The Morgan fingerprint density at radius 2 is 1.91 bits per heavy atom. The molecular weight excluding hydrogens is 327 g/mol. The predicted octanol–water partition coefficient (Wildman–Crippen LogP) is 2.63. The summed E-state index contributed by atoms with van der Waals surface area (Å²) >= 11 is 5.80. The molecule has 1 aliphatic carbocycles. The lowest BCUT2D eigenvalue weighted by Crippen LogP contribution is -2.45. The van der Waals surface area contributed by atoms with E-state index in [1.807, 2.05) is 0 Å². The van der Waals surface area contributed by atoms with Crippen LogP contribution in [0.15, 0.2) is 23.1 Å². The number of piperidine rings is 1. The van der Waals surface area contributed by atoms with Crippen LogP contribution in [0.4, 0.5) is 4.39 Å². The number of benzene rings is 1. The molecule has 7 heteroatoms. The van der Waals surface area contributed by atoms with Gasteiger partial charge in [-0.25, -0.2) is 12.8 Å². The number of rotatable bonds is 5. The monoisotopic (exact) mass is 346 g/mol. The molecule has 0 radical (unpaired) electrons. The van der Waals surface area contributed by atoms with Crippen molar-refractivity contribution in [1.82, 2.24) is 9.62 Å². The van der Waals surface area contributed by atoms with Crippen LogP contribution < -0.4 is 5.32 Å². The number of hydrogen-bond acceptors (Lipinski definition) is 3. The summed E-state index contributed by atoms with van der Waals surface area (Å²) in [6.45, 7) is 1.85. The molecule has 0 spiro atoms. The normalized spacial score (nSPS) is 21.2. The number of nitrogens with zero attached hydrogens (tertiary/aromatic N) is 1. The van der Waals surface area contributed by atoms with Gasteiger partial charge in [0.25, 0.3) is 0 Å². The molecule has 0 bridgehead atoms. The van der Waals surface area contributed by atoms with Crippen molar-refractivity contribution in [3.05, 3.63) is 29.0 Å². The fraction of sp³-hybridized carbons (Fsp3) is 0.600. The molecule has 0 amide bonds. The van der Waals surface area contributed by atoms with Gasteiger partial charge in [0.05, 0.1) is 0 Å². The van der Waals surface area contributed by atoms with Crippen molar-refractivity contribution in [2.75, 3.05) is 19.6 Å². The third kappa shape index (κ3) is 3.62. The third-order valence-electron chi connectivity index (χ3n) is 4.36. The van der Waals surface area contributed by atoms with E-state index in [2.05, 4.69) is 5.32 Å². The Kier molecular flexibility index (Phi) is 4.73. The van der Waals surface area contributed by atoms with E-state index in [1.165, 1.54) is 29.3 Å². The fourth-order valence-electron chi connectivity index (χ4n) is 2.77. The second kappa shape index (κ2) is 6.43. The molecule has 1 N–H and O–H groups in total. The molecule has 1 heterocycles. The Bertz CT molecular complexity index is 641. The topological polar surface area (TPSA) is 49.4 Å². The van der Waals surface area contributed by atoms with E-state index in [9.17, 15) is 12.8 Å². The molecule has 0 aromatic heterocycles. The van der Waals surface area contributed by atoms with Crippen LogP contribution in [0, 0.1) is 11.7 Å². The standard InChI is InChI=1S/C15H20ClFN2O2S/c16-12-3-4-14(17)15(9-12)22(20,21)19-7-5-13(6-8-19)18-10-11-1-2-11/h3-4,9,11,13,18H,1-2,5-8,10H2. The number of nitrogens with one attached hydrogen (secondary N) is 1. The van der Waals surface area contributed by atoms with Crippen LogP contribution in [0.3, 0.4) is 0 Å². The maximum atomic E-state index is 13.8. The minimum absolute atomic E-state index is 0.223. The van der Waals surface area contributed by atoms with Gasteiger partial charge in [-0.1, -0.05) is 11.6 Å². The molecule has 0 atom stereocenters. The van der Waals surface area contributed by atoms with Gasteiger partial charge in [-0.2, -0.15) is 4.31 Å². The molecule has 22 heavy (non-hydrogen) atoms. The minimum Gasteiger partial charge on any atom is -0.314 e. The quantitative estimate of drug-likeness (QED) is 0.891. The zero-order chi connectivity index (χ0) is 15.7. The van der Waals surface area contributed by atoms with Gasteiger partial charge in [-0.05, 0) is 56.3 Å². The molecule has 1 saturated heterocycles. The summed E-state index contributed by atoms with van der Waals surface area (Å²) < 4.78 is 40.3. The first-order valence-electron chi connectivity index (χ1n) is 7.65. The summed E-state index contributed by atoms with van der Waals surface area (Å²) in [4.78, 5) is -0.329.